The summed E-state index contributed by atoms with van der Waals surface area (Å²) in [5.74, 6) is -2.02. The zero-order chi connectivity index (χ0) is 18.2. The van der Waals surface area contributed by atoms with E-state index in [0.29, 0.717) is 16.7 Å². The predicted molar refractivity (Wildman–Crippen MR) is 95.2 cm³/mol. The van der Waals surface area contributed by atoms with E-state index in [0.717, 1.165) is 35.3 Å². The van der Waals surface area contributed by atoms with Crippen LogP contribution in [0, 0.1) is 5.82 Å². The number of aromatic carboxylic acids is 1. The van der Waals surface area contributed by atoms with Gasteiger partial charge in [-0.2, -0.15) is 0 Å². The van der Waals surface area contributed by atoms with Gasteiger partial charge in [-0.15, -0.1) is 11.3 Å². The highest BCUT2D eigenvalue weighted by molar-refractivity contribution is 7.90. The molecule has 0 aliphatic carbocycles. The molecule has 0 spiro atoms. The van der Waals surface area contributed by atoms with Crippen LogP contribution in [0.5, 0.6) is 0 Å². The van der Waals surface area contributed by atoms with E-state index >= 15 is 0 Å². The summed E-state index contributed by atoms with van der Waals surface area (Å²) < 4.78 is 37.4. The van der Waals surface area contributed by atoms with Gasteiger partial charge >= 0.3 is 5.97 Å². The normalized spacial score (nSPS) is 11.4. The third-order valence-electron chi connectivity index (χ3n) is 3.69. The monoisotopic (exact) mass is 376 g/mol. The van der Waals surface area contributed by atoms with Gasteiger partial charge in [0.15, 0.2) is 9.84 Å². The Kier molecular flexibility index (Phi) is 4.45. The predicted octanol–water partition coefficient (Wildman–Crippen LogP) is 4.32. The molecule has 1 aromatic heterocycles. The molecule has 25 heavy (non-hydrogen) atoms. The zero-order valence-corrected chi connectivity index (χ0v) is 14.7. The Morgan fingerprint density at radius 2 is 1.76 bits per heavy atom. The third kappa shape index (κ3) is 3.33. The van der Waals surface area contributed by atoms with Crippen molar-refractivity contribution < 1.29 is 22.7 Å². The summed E-state index contributed by atoms with van der Waals surface area (Å²) in [6, 6.07) is 12.8. The first kappa shape index (κ1) is 17.3. The average Bonchev–Trinajstić information content (AvgIpc) is 2.99. The first-order chi connectivity index (χ1) is 11.8. The van der Waals surface area contributed by atoms with Gasteiger partial charge in [0.2, 0.25) is 0 Å². The molecule has 3 rings (SSSR count). The molecule has 0 unspecified atom stereocenters. The van der Waals surface area contributed by atoms with E-state index < -0.39 is 26.5 Å². The van der Waals surface area contributed by atoms with E-state index in [1.54, 1.807) is 5.38 Å². The van der Waals surface area contributed by atoms with Gasteiger partial charge in [-0.3, -0.25) is 0 Å². The van der Waals surface area contributed by atoms with E-state index in [4.69, 9.17) is 0 Å². The highest BCUT2D eigenvalue weighted by atomic mass is 32.2. The van der Waals surface area contributed by atoms with E-state index in [-0.39, 0.29) is 4.88 Å². The van der Waals surface area contributed by atoms with Crippen molar-refractivity contribution in [3.63, 3.8) is 0 Å². The van der Waals surface area contributed by atoms with Crippen LogP contribution in [0.25, 0.3) is 22.3 Å². The molecule has 0 radical (unpaired) electrons. The van der Waals surface area contributed by atoms with Crippen molar-refractivity contribution in [2.75, 3.05) is 6.26 Å². The van der Waals surface area contributed by atoms with Gasteiger partial charge in [-0.25, -0.2) is 17.6 Å². The minimum Gasteiger partial charge on any atom is -0.477 e. The van der Waals surface area contributed by atoms with Gasteiger partial charge in [0.25, 0.3) is 0 Å². The van der Waals surface area contributed by atoms with E-state index in [1.165, 1.54) is 6.07 Å². The Morgan fingerprint density at radius 3 is 2.32 bits per heavy atom. The van der Waals surface area contributed by atoms with Crippen LogP contribution >= 0.6 is 11.3 Å². The number of benzene rings is 2. The van der Waals surface area contributed by atoms with Crippen molar-refractivity contribution in [1.29, 1.82) is 0 Å². The van der Waals surface area contributed by atoms with Crippen molar-refractivity contribution >= 4 is 27.1 Å². The molecule has 0 saturated heterocycles. The van der Waals surface area contributed by atoms with Crippen LogP contribution in [0.4, 0.5) is 4.39 Å². The molecular formula is C18H13FO4S2. The lowest BCUT2D eigenvalue weighted by atomic mass is 9.97. The number of hydrogen-bond donors (Lipinski definition) is 1. The second-order valence-corrected chi connectivity index (χ2v) is 8.31. The molecule has 0 fully saturated rings. The van der Waals surface area contributed by atoms with Crippen molar-refractivity contribution in [2.45, 2.75) is 4.90 Å². The topological polar surface area (TPSA) is 71.4 Å². The summed E-state index contributed by atoms with van der Waals surface area (Å²) in [5, 5.41) is 11.2. The van der Waals surface area contributed by atoms with Crippen molar-refractivity contribution in [3.05, 3.63) is 64.6 Å². The van der Waals surface area contributed by atoms with Gasteiger partial charge in [0.05, 0.1) is 0 Å². The maximum absolute atomic E-state index is 14.3. The van der Waals surface area contributed by atoms with Crippen LogP contribution in [0.2, 0.25) is 0 Å². The van der Waals surface area contributed by atoms with Crippen LogP contribution < -0.4 is 0 Å². The fourth-order valence-electron chi connectivity index (χ4n) is 2.59. The summed E-state index contributed by atoms with van der Waals surface area (Å²) in [7, 11) is -3.70. The molecule has 0 saturated carbocycles. The van der Waals surface area contributed by atoms with Gasteiger partial charge < -0.3 is 5.11 Å². The number of carboxylic acids is 1. The van der Waals surface area contributed by atoms with Crippen LogP contribution in [0.3, 0.4) is 0 Å². The van der Waals surface area contributed by atoms with Crippen LogP contribution in [-0.4, -0.2) is 25.7 Å². The van der Waals surface area contributed by atoms with E-state index in [2.05, 4.69) is 0 Å². The summed E-state index contributed by atoms with van der Waals surface area (Å²) in [5.41, 5.74) is 2.16. The van der Waals surface area contributed by atoms with Gasteiger partial charge in [0, 0.05) is 22.8 Å². The molecule has 0 amide bonds. The summed E-state index contributed by atoms with van der Waals surface area (Å²) in [6.07, 6.45) is 0.924. The highest BCUT2D eigenvalue weighted by Gasteiger charge is 2.22. The number of halogens is 1. The SMILES string of the molecule is CS(=O)(=O)c1ccc(-c2c(-c3ccccc3)csc2C(=O)O)cc1F. The number of rotatable bonds is 4. The van der Waals surface area contributed by atoms with Crippen molar-refractivity contribution in [2.24, 2.45) is 0 Å². The van der Waals surface area contributed by atoms with Crippen LogP contribution in [-0.2, 0) is 9.84 Å². The third-order valence-corrected chi connectivity index (χ3v) is 5.79. The Balaban J connectivity index is 2.25. The van der Waals surface area contributed by atoms with E-state index in [1.807, 2.05) is 30.3 Å². The average molecular weight is 376 g/mol. The number of hydrogen-bond acceptors (Lipinski definition) is 4. The first-order valence-corrected chi connectivity index (χ1v) is 9.96. The maximum atomic E-state index is 14.3. The summed E-state index contributed by atoms with van der Waals surface area (Å²) in [4.78, 5) is 11.2. The molecule has 0 aliphatic rings. The highest BCUT2D eigenvalue weighted by Crippen LogP contribution is 2.40. The fourth-order valence-corrected chi connectivity index (χ4v) is 4.25. The molecule has 1 heterocycles. The van der Waals surface area contributed by atoms with Gasteiger partial charge in [0.1, 0.15) is 15.6 Å². The second kappa shape index (κ2) is 6.42. The summed E-state index contributed by atoms with van der Waals surface area (Å²) in [6.45, 7) is 0. The number of sulfone groups is 1. The number of thiophene rings is 1. The van der Waals surface area contributed by atoms with E-state index in [9.17, 15) is 22.7 Å². The zero-order valence-electron chi connectivity index (χ0n) is 13.1. The van der Waals surface area contributed by atoms with Gasteiger partial charge in [-0.1, -0.05) is 36.4 Å². The number of carboxylic acid groups (broad SMARTS) is 1. The molecule has 0 bridgehead atoms. The Hall–Kier alpha value is -2.51. The van der Waals surface area contributed by atoms with Crippen molar-refractivity contribution in [1.82, 2.24) is 0 Å². The standard InChI is InChI=1S/C18H13FO4S2/c1-25(22,23)15-8-7-12(9-14(15)19)16-13(10-24-17(16)18(20)21)11-5-3-2-4-6-11/h2-10H,1H3,(H,20,21). The number of carbonyl (C=O) groups is 1. The lowest BCUT2D eigenvalue weighted by Gasteiger charge is -2.09. The second-order valence-electron chi connectivity index (χ2n) is 5.44. The molecule has 0 atom stereocenters. The minimum absolute atomic E-state index is 0.0744. The van der Waals surface area contributed by atoms with Gasteiger partial charge in [-0.05, 0) is 23.3 Å². The Bertz CT molecular complexity index is 1050. The van der Waals surface area contributed by atoms with Crippen molar-refractivity contribution in [3.8, 4) is 22.3 Å². The summed E-state index contributed by atoms with van der Waals surface area (Å²) >= 11 is 1.05. The minimum atomic E-state index is -3.70. The molecule has 128 valence electrons. The molecule has 1 N–H and O–H groups in total. The maximum Gasteiger partial charge on any atom is 0.346 e. The molecule has 7 heteroatoms. The quantitative estimate of drug-likeness (QED) is 0.736. The Labute approximate surface area is 148 Å². The lowest BCUT2D eigenvalue weighted by Crippen LogP contribution is -2.01. The largest absolute Gasteiger partial charge is 0.477 e. The molecular weight excluding hydrogens is 363 g/mol. The van der Waals surface area contributed by atoms with Crippen LogP contribution in [0.1, 0.15) is 9.67 Å². The first-order valence-electron chi connectivity index (χ1n) is 7.19. The van der Waals surface area contributed by atoms with Crippen LogP contribution in [0.15, 0.2) is 58.8 Å². The molecule has 4 nitrogen and oxygen atoms in total. The molecule has 3 aromatic rings. The Morgan fingerprint density at radius 1 is 1.08 bits per heavy atom. The fraction of sp³-hybridized carbons (Fsp3) is 0.0556. The smallest absolute Gasteiger partial charge is 0.346 e. The lowest BCUT2D eigenvalue weighted by molar-refractivity contribution is 0.0703. The molecule has 0 aliphatic heterocycles. The molecule has 2 aromatic carbocycles.